The number of hydrogen-bond donors (Lipinski definition) is 2. The lowest BCUT2D eigenvalue weighted by Gasteiger charge is -2.04. The van der Waals surface area contributed by atoms with Crippen LogP contribution in [0.2, 0.25) is 5.02 Å². The number of nitriles is 1. The Morgan fingerprint density at radius 2 is 1.82 bits per heavy atom. The van der Waals surface area contributed by atoms with Gasteiger partial charge in [0.25, 0.3) is 5.91 Å². The molecule has 0 aliphatic heterocycles. The molecule has 3 rings (SSSR count). The SMILES string of the molecule is N#CC(=Cc1cnn(-c2ccc(Cl)cc2)c1)C(=O)Nc1ccc(C(=O)O)cc1. The minimum atomic E-state index is -1.06. The van der Waals surface area contributed by atoms with Gasteiger partial charge in [0.1, 0.15) is 11.6 Å². The van der Waals surface area contributed by atoms with E-state index in [-0.39, 0.29) is 11.1 Å². The molecular weight excluding hydrogens is 380 g/mol. The van der Waals surface area contributed by atoms with Crippen molar-refractivity contribution in [2.45, 2.75) is 0 Å². The van der Waals surface area contributed by atoms with Crippen molar-refractivity contribution in [2.24, 2.45) is 0 Å². The standard InChI is InChI=1S/C20H13ClN4O3/c21-16-3-7-18(8-4-16)25-12-13(11-23-25)9-15(10-22)19(26)24-17-5-1-14(2-6-17)20(27)28/h1-9,11-12H,(H,24,26)(H,27,28). The molecule has 0 aliphatic carbocycles. The summed E-state index contributed by atoms with van der Waals surface area (Å²) in [5.41, 5.74) is 1.73. The van der Waals surface area contributed by atoms with Gasteiger partial charge < -0.3 is 10.4 Å². The number of nitrogens with zero attached hydrogens (tertiary/aromatic N) is 3. The Kier molecular flexibility index (Phi) is 5.53. The number of carboxylic acids is 1. The van der Waals surface area contributed by atoms with Gasteiger partial charge in [-0.15, -0.1) is 0 Å². The molecule has 0 unspecified atom stereocenters. The van der Waals surface area contributed by atoms with Gasteiger partial charge in [-0.05, 0) is 54.6 Å². The molecule has 1 aromatic heterocycles. The fourth-order valence-corrected chi connectivity index (χ4v) is 2.48. The van der Waals surface area contributed by atoms with Gasteiger partial charge in [-0.3, -0.25) is 4.79 Å². The molecule has 0 bridgehead atoms. The lowest BCUT2D eigenvalue weighted by molar-refractivity contribution is -0.112. The van der Waals surface area contributed by atoms with Gasteiger partial charge >= 0.3 is 5.97 Å². The third kappa shape index (κ3) is 4.44. The smallest absolute Gasteiger partial charge is 0.335 e. The van der Waals surface area contributed by atoms with Crippen LogP contribution in [-0.4, -0.2) is 26.8 Å². The summed E-state index contributed by atoms with van der Waals surface area (Å²) < 4.78 is 1.60. The first-order chi connectivity index (χ1) is 13.5. The topological polar surface area (TPSA) is 108 Å². The molecule has 1 amide bonds. The van der Waals surface area contributed by atoms with Gasteiger partial charge in [0.05, 0.1) is 17.4 Å². The summed E-state index contributed by atoms with van der Waals surface area (Å²) in [6, 6.07) is 14.5. The zero-order chi connectivity index (χ0) is 20.1. The summed E-state index contributed by atoms with van der Waals surface area (Å²) >= 11 is 5.87. The Bertz CT molecular complexity index is 1090. The molecule has 0 fully saturated rings. The molecule has 0 aliphatic rings. The van der Waals surface area contributed by atoms with Crippen molar-refractivity contribution in [3.63, 3.8) is 0 Å². The first-order valence-electron chi connectivity index (χ1n) is 8.03. The van der Waals surface area contributed by atoms with Crippen LogP contribution in [0.1, 0.15) is 15.9 Å². The molecule has 2 N–H and O–H groups in total. The second kappa shape index (κ2) is 8.20. The van der Waals surface area contributed by atoms with E-state index in [9.17, 15) is 14.9 Å². The maximum atomic E-state index is 12.3. The molecule has 0 radical (unpaired) electrons. The number of carbonyl (C=O) groups excluding carboxylic acids is 1. The number of carboxylic acid groups (broad SMARTS) is 1. The van der Waals surface area contributed by atoms with Gasteiger partial charge in [-0.2, -0.15) is 10.4 Å². The highest BCUT2D eigenvalue weighted by atomic mass is 35.5. The zero-order valence-electron chi connectivity index (χ0n) is 14.3. The normalized spacial score (nSPS) is 10.9. The average Bonchev–Trinajstić information content (AvgIpc) is 3.15. The van der Waals surface area contributed by atoms with Crippen LogP contribution >= 0.6 is 11.6 Å². The van der Waals surface area contributed by atoms with Gasteiger partial charge in [0.15, 0.2) is 0 Å². The monoisotopic (exact) mass is 392 g/mol. The Morgan fingerprint density at radius 1 is 1.14 bits per heavy atom. The van der Waals surface area contributed by atoms with E-state index in [0.29, 0.717) is 16.3 Å². The van der Waals surface area contributed by atoms with Crippen LogP contribution in [0.15, 0.2) is 66.5 Å². The molecule has 7 nitrogen and oxygen atoms in total. The fourth-order valence-electron chi connectivity index (χ4n) is 2.36. The largest absolute Gasteiger partial charge is 0.478 e. The lowest BCUT2D eigenvalue weighted by Crippen LogP contribution is -2.13. The third-order valence-electron chi connectivity index (χ3n) is 3.76. The van der Waals surface area contributed by atoms with E-state index in [4.69, 9.17) is 16.7 Å². The summed E-state index contributed by atoms with van der Waals surface area (Å²) in [5.74, 6) is -1.67. The van der Waals surface area contributed by atoms with Crippen LogP contribution < -0.4 is 5.32 Å². The van der Waals surface area contributed by atoms with Crippen molar-refractivity contribution < 1.29 is 14.7 Å². The van der Waals surface area contributed by atoms with E-state index in [1.165, 1.54) is 36.5 Å². The molecule has 138 valence electrons. The van der Waals surface area contributed by atoms with Crippen molar-refractivity contribution in [3.05, 3.63) is 82.6 Å². The first-order valence-corrected chi connectivity index (χ1v) is 8.41. The summed E-state index contributed by atoms with van der Waals surface area (Å²) in [6.07, 6.45) is 4.62. The number of carbonyl (C=O) groups is 2. The van der Waals surface area contributed by atoms with E-state index in [0.717, 1.165) is 5.69 Å². The molecule has 0 saturated carbocycles. The summed E-state index contributed by atoms with van der Waals surface area (Å²) in [4.78, 5) is 23.2. The maximum Gasteiger partial charge on any atom is 0.335 e. The van der Waals surface area contributed by atoms with Crippen LogP contribution in [0.5, 0.6) is 0 Å². The molecule has 0 atom stereocenters. The lowest BCUT2D eigenvalue weighted by atomic mass is 10.1. The Morgan fingerprint density at radius 3 is 2.43 bits per heavy atom. The number of halogens is 1. The Labute approximate surface area is 165 Å². The van der Waals surface area contributed by atoms with E-state index in [1.54, 1.807) is 35.1 Å². The van der Waals surface area contributed by atoms with Crippen molar-refractivity contribution >= 4 is 35.2 Å². The summed E-state index contributed by atoms with van der Waals surface area (Å²) in [5, 5.41) is 25.6. The molecule has 8 heteroatoms. The van der Waals surface area contributed by atoms with Crippen LogP contribution in [-0.2, 0) is 4.79 Å². The quantitative estimate of drug-likeness (QED) is 0.507. The van der Waals surface area contributed by atoms with E-state index in [2.05, 4.69) is 10.4 Å². The maximum absolute atomic E-state index is 12.3. The van der Waals surface area contributed by atoms with Crippen LogP contribution in [0.4, 0.5) is 5.69 Å². The molecule has 1 heterocycles. The first kappa shape index (κ1) is 18.9. The fraction of sp³-hybridized carbons (Fsp3) is 0. The number of hydrogen-bond acceptors (Lipinski definition) is 4. The Balaban J connectivity index is 1.76. The number of benzene rings is 2. The van der Waals surface area contributed by atoms with Crippen molar-refractivity contribution in [2.75, 3.05) is 5.32 Å². The van der Waals surface area contributed by atoms with Crippen LogP contribution in [0.25, 0.3) is 11.8 Å². The van der Waals surface area contributed by atoms with Gasteiger partial charge in [0.2, 0.25) is 0 Å². The number of aromatic nitrogens is 2. The van der Waals surface area contributed by atoms with Crippen molar-refractivity contribution in [1.29, 1.82) is 5.26 Å². The van der Waals surface area contributed by atoms with Gasteiger partial charge in [-0.25, -0.2) is 9.48 Å². The second-order valence-electron chi connectivity index (χ2n) is 5.70. The highest BCUT2D eigenvalue weighted by molar-refractivity contribution is 6.30. The number of amides is 1. The predicted molar refractivity (Wildman–Crippen MR) is 104 cm³/mol. The predicted octanol–water partition coefficient (Wildman–Crippen LogP) is 3.77. The molecule has 0 spiro atoms. The number of anilines is 1. The molecule has 28 heavy (non-hydrogen) atoms. The number of rotatable bonds is 5. The molecule has 0 saturated heterocycles. The molecule has 3 aromatic rings. The van der Waals surface area contributed by atoms with Crippen molar-refractivity contribution in [3.8, 4) is 11.8 Å². The third-order valence-corrected chi connectivity index (χ3v) is 4.01. The Hall–Kier alpha value is -3.89. The minimum Gasteiger partial charge on any atom is -0.478 e. The van der Waals surface area contributed by atoms with E-state index >= 15 is 0 Å². The van der Waals surface area contributed by atoms with Gasteiger partial charge in [-0.1, -0.05) is 11.6 Å². The molecular formula is C20H13ClN4O3. The molecule has 2 aromatic carbocycles. The number of nitrogens with one attached hydrogen (secondary N) is 1. The van der Waals surface area contributed by atoms with E-state index in [1.807, 2.05) is 6.07 Å². The number of aromatic carboxylic acids is 1. The summed E-state index contributed by atoms with van der Waals surface area (Å²) in [7, 11) is 0. The van der Waals surface area contributed by atoms with Crippen LogP contribution in [0, 0.1) is 11.3 Å². The highest BCUT2D eigenvalue weighted by Gasteiger charge is 2.11. The summed E-state index contributed by atoms with van der Waals surface area (Å²) in [6.45, 7) is 0. The minimum absolute atomic E-state index is 0.101. The van der Waals surface area contributed by atoms with Gasteiger partial charge in [0, 0.05) is 22.5 Å². The second-order valence-corrected chi connectivity index (χ2v) is 6.14. The highest BCUT2D eigenvalue weighted by Crippen LogP contribution is 2.16. The van der Waals surface area contributed by atoms with Crippen LogP contribution in [0.3, 0.4) is 0 Å². The zero-order valence-corrected chi connectivity index (χ0v) is 15.1. The average molecular weight is 393 g/mol. The van der Waals surface area contributed by atoms with Crippen molar-refractivity contribution in [1.82, 2.24) is 9.78 Å². The van der Waals surface area contributed by atoms with E-state index < -0.39 is 11.9 Å².